The lowest BCUT2D eigenvalue weighted by Crippen LogP contribution is -2.08. The highest BCUT2D eigenvalue weighted by molar-refractivity contribution is 8.00. The first-order chi connectivity index (χ1) is 9.13. The molecule has 100 valence electrons. The third-order valence-corrected chi connectivity index (χ3v) is 4.80. The van der Waals surface area contributed by atoms with Crippen molar-refractivity contribution in [3.63, 3.8) is 0 Å². The Morgan fingerprint density at radius 1 is 1.42 bits per heavy atom. The van der Waals surface area contributed by atoms with Crippen LogP contribution in [0.25, 0.3) is 0 Å². The van der Waals surface area contributed by atoms with Crippen molar-refractivity contribution in [2.45, 2.75) is 4.21 Å². The van der Waals surface area contributed by atoms with Gasteiger partial charge in [-0.1, -0.05) is 6.07 Å². The van der Waals surface area contributed by atoms with Crippen LogP contribution in [-0.2, 0) is 0 Å². The lowest BCUT2D eigenvalue weighted by Gasteiger charge is -2.07. The van der Waals surface area contributed by atoms with Crippen molar-refractivity contribution in [1.82, 2.24) is 0 Å². The Morgan fingerprint density at radius 3 is 2.84 bits per heavy atom. The molecule has 0 saturated heterocycles. The molecule has 0 saturated carbocycles. The summed E-state index contributed by atoms with van der Waals surface area (Å²) in [5.41, 5.74) is 7.44. The van der Waals surface area contributed by atoms with Gasteiger partial charge in [0.1, 0.15) is 11.6 Å². The van der Waals surface area contributed by atoms with Crippen molar-refractivity contribution in [2.75, 3.05) is 18.7 Å². The van der Waals surface area contributed by atoms with E-state index < -0.39 is 0 Å². The molecule has 1 heterocycles. The van der Waals surface area contributed by atoms with E-state index >= 15 is 0 Å². The topological polar surface area (TPSA) is 71.1 Å². The molecule has 4 N–H and O–H groups in total. The van der Waals surface area contributed by atoms with E-state index in [0.717, 1.165) is 26.2 Å². The number of ether oxygens (including phenoxy) is 1. The van der Waals surface area contributed by atoms with Crippen molar-refractivity contribution < 1.29 is 4.74 Å². The van der Waals surface area contributed by atoms with Gasteiger partial charge in [-0.05, 0) is 24.5 Å². The zero-order valence-corrected chi connectivity index (χ0v) is 12.3. The summed E-state index contributed by atoms with van der Waals surface area (Å²) in [4.78, 5) is 0.773. The van der Waals surface area contributed by atoms with E-state index in [1.54, 1.807) is 18.9 Å². The molecule has 0 atom stereocenters. The number of rotatable bonds is 5. The highest BCUT2D eigenvalue weighted by Gasteiger charge is 2.10. The molecule has 0 amide bonds. The lowest BCUT2D eigenvalue weighted by molar-refractivity contribution is 0.415. The second-order valence-corrected chi connectivity index (χ2v) is 5.91. The maximum absolute atomic E-state index is 7.50. The summed E-state index contributed by atoms with van der Waals surface area (Å²) in [6.07, 6.45) is 2.01. The van der Waals surface area contributed by atoms with Gasteiger partial charge in [0.05, 0.1) is 21.9 Å². The summed E-state index contributed by atoms with van der Waals surface area (Å²) in [5, 5.41) is 10.8. The highest BCUT2D eigenvalue weighted by atomic mass is 32.2. The van der Waals surface area contributed by atoms with Gasteiger partial charge in [0.15, 0.2) is 0 Å². The Hall–Kier alpha value is -1.66. The monoisotopic (exact) mass is 293 g/mol. The van der Waals surface area contributed by atoms with Gasteiger partial charge in [-0.3, -0.25) is 5.41 Å². The van der Waals surface area contributed by atoms with Gasteiger partial charge in [-0.25, -0.2) is 0 Å². The fourth-order valence-corrected chi connectivity index (χ4v) is 3.24. The van der Waals surface area contributed by atoms with Crippen molar-refractivity contribution >= 4 is 40.3 Å². The quantitative estimate of drug-likeness (QED) is 0.448. The van der Waals surface area contributed by atoms with Crippen LogP contribution < -0.4 is 15.8 Å². The van der Waals surface area contributed by atoms with E-state index in [1.807, 2.05) is 36.6 Å². The Bertz CT molecular complexity index is 595. The predicted octanol–water partition coefficient (Wildman–Crippen LogP) is 3.51. The van der Waals surface area contributed by atoms with Crippen LogP contribution in [-0.4, -0.2) is 19.2 Å². The van der Waals surface area contributed by atoms with Gasteiger partial charge in [-0.2, -0.15) is 0 Å². The van der Waals surface area contributed by atoms with Crippen LogP contribution in [0.3, 0.4) is 0 Å². The number of methoxy groups -OCH3 is 1. The molecule has 4 nitrogen and oxygen atoms in total. The highest BCUT2D eigenvalue weighted by Crippen LogP contribution is 2.36. The second-order valence-electron chi connectivity index (χ2n) is 3.79. The molecule has 0 unspecified atom stereocenters. The number of benzene rings is 1. The molecule has 19 heavy (non-hydrogen) atoms. The Labute approximate surface area is 120 Å². The largest absolute Gasteiger partial charge is 0.497 e. The van der Waals surface area contributed by atoms with Crippen LogP contribution in [0.4, 0.5) is 11.4 Å². The average molecular weight is 293 g/mol. The molecule has 6 heteroatoms. The third kappa shape index (κ3) is 3.21. The molecule has 0 aliphatic heterocycles. The van der Waals surface area contributed by atoms with E-state index in [9.17, 15) is 0 Å². The molecule has 0 radical (unpaired) electrons. The zero-order valence-electron chi connectivity index (χ0n) is 10.7. The number of thioether (sulfide) groups is 1. The van der Waals surface area contributed by atoms with Crippen LogP contribution in [0.1, 0.15) is 4.88 Å². The fraction of sp³-hybridized carbons (Fsp3) is 0.154. The Balaban J connectivity index is 2.28. The molecule has 0 aliphatic carbocycles. The maximum atomic E-state index is 7.50. The van der Waals surface area contributed by atoms with Crippen molar-refractivity contribution in [1.29, 1.82) is 5.41 Å². The van der Waals surface area contributed by atoms with E-state index in [0.29, 0.717) is 0 Å². The summed E-state index contributed by atoms with van der Waals surface area (Å²) in [7, 11) is 1.64. The number of anilines is 2. The first-order valence-corrected chi connectivity index (χ1v) is 7.61. The average Bonchev–Trinajstić information content (AvgIpc) is 2.82. The molecule has 2 aromatic rings. The van der Waals surface area contributed by atoms with Gasteiger partial charge in [0.2, 0.25) is 0 Å². The van der Waals surface area contributed by atoms with Crippen LogP contribution in [0.5, 0.6) is 5.75 Å². The van der Waals surface area contributed by atoms with Gasteiger partial charge in [-0.15, -0.1) is 23.1 Å². The molecular formula is C13H15N3OS2. The first kappa shape index (κ1) is 13.8. The van der Waals surface area contributed by atoms with Crippen LogP contribution >= 0.6 is 23.1 Å². The summed E-state index contributed by atoms with van der Waals surface area (Å²) in [6.45, 7) is 0. The zero-order chi connectivity index (χ0) is 13.8. The minimum atomic E-state index is 0.0963. The summed E-state index contributed by atoms with van der Waals surface area (Å²) < 4.78 is 6.30. The SMILES string of the molecule is COc1cccc(Nc2cc(C(=N)N)sc2SC)c1. The number of hydrogen-bond donors (Lipinski definition) is 3. The number of nitrogen functional groups attached to an aromatic ring is 1. The Kier molecular flexibility index (Phi) is 4.34. The van der Waals surface area contributed by atoms with E-state index in [-0.39, 0.29) is 5.84 Å². The Morgan fingerprint density at radius 2 is 2.21 bits per heavy atom. The molecule has 1 aromatic heterocycles. The fourth-order valence-electron chi connectivity index (χ4n) is 1.60. The van der Waals surface area contributed by atoms with Crippen molar-refractivity contribution in [3.05, 3.63) is 35.2 Å². The predicted molar refractivity (Wildman–Crippen MR) is 83.4 cm³/mol. The molecule has 0 spiro atoms. The number of thiophene rings is 1. The minimum Gasteiger partial charge on any atom is -0.497 e. The van der Waals surface area contributed by atoms with Crippen molar-refractivity contribution in [3.8, 4) is 5.75 Å². The lowest BCUT2D eigenvalue weighted by atomic mass is 10.3. The van der Waals surface area contributed by atoms with Crippen molar-refractivity contribution in [2.24, 2.45) is 5.73 Å². The number of hydrogen-bond acceptors (Lipinski definition) is 5. The molecule has 0 aliphatic rings. The van der Waals surface area contributed by atoms with Crippen LogP contribution in [0.15, 0.2) is 34.5 Å². The molecule has 1 aromatic carbocycles. The number of nitrogens with one attached hydrogen (secondary N) is 2. The van der Waals surface area contributed by atoms with Gasteiger partial charge in [0, 0.05) is 11.8 Å². The summed E-state index contributed by atoms with van der Waals surface area (Å²) in [6, 6.07) is 9.62. The first-order valence-electron chi connectivity index (χ1n) is 5.57. The van der Waals surface area contributed by atoms with Gasteiger partial charge < -0.3 is 15.8 Å². The number of nitrogens with two attached hydrogens (primary N) is 1. The number of amidine groups is 1. The van der Waals surface area contributed by atoms with Gasteiger partial charge in [0.25, 0.3) is 0 Å². The molecule has 2 rings (SSSR count). The second kappa shape index (κ2) is 5.99. The van der Waals surface area contributed by atoms with Gasteiger partial charge >= 0.3 is 0 Å². The van der Waals surface area contributed by atoms with E-state index in [4.69, 9.17) is 15.9 Å². The van der Waals surface area contributed by atoms with E-state index in [2.05, 4.69) is 5.32 Å². The third-order valence-electron chi connectivity index (χ3n) is 2.50. The van der Waals surface area contributed by atoms with E-state index in [1.165, 1.54) is 11.3 Å². The summed E-state index contributed by atoms with van der Waals surface area (Å²) >= 11 is 3.15. The normalized spacial score (nSPS) is 10.2. The maximum Gasteiger partial charge on any atom is 0.133 e. The summed E-state index contributed by atoms with van der Waals surface area (Å²) in [5.74, 6) is 0.900. The minimum absolute atomic E-state index is 0.0963. The standard InChI is InChI=1S/C13H15N3OS2/c1-17-9-5-3-4-8(6-9)16-10-7-11(12(14)15)19-13(10)18-2/h3-7,16H,1-2H3,(H3,14,15). The van der Waals surface area contributed by atoms with Crippen LogP contribution in [0.2, 0.25) is 0 Å². The smallest absolute Gasteiger partial charge is 0.133 e. The molecule has 0 fully saturated rings. The van der Waals surface area contributed by atoms with Crippen LogP contribution in [0, 0.1) is 5.41 Å². The molecule has 0 bridgehead atoms. The molecular weight excluding hydrogens is 278 g/mol.